The van der Waals surface area contributed by atoms with Gasteiger partial charge in [0, 0.05) is 11.6 Å². The van der Waals surface area contributed by atoms with Gasteiger partial charge in [0.05, 0.1) is 5.52 Å². The summed E-state index contributed by atoms with van der Waals surface area (Å²) in [5.41, 5.74) is -2.70. The van der Waals surface area contributed by atoms with Gasteiger partial charge in [0.2, 0.25) is 0 Å². The Labute approximate surface area is 145 Å². The molecule has 1 rings (SSSR count). The molecule has 0 saturated carbocycles. The fourth-order valence-electron chi connectivity index (χ4n) is 0.736. The Morgan fingerprint density at radius 3 is 1.94 bits per heavy atom. The van der Waals surface area contributed by atoms with Gasteiger partial charge < -0.3 is 34.0 Å². The maximum absolute atomic E-state index is 10.5. The number of thiazole rings is 1. The van der Waals surface area contributed by atoms with Crippen molar-refractivity contribution in [2.45, 2.75) is 5.52 Å². The van der Waals surface area contributed by atoms with E-state index in [1.165, 1.54) is 11.6 Å². The molecule has 86 valence electrons. The Kier molecular flexibility index (Phi) is 10.0. The van der Waals surface area contributed by atoms with Crippen molar-refractivity contribution in [3.63, 3.8) is 0 Å². The van der Waals surface area contributed by atoms with Gasteiger partial charge in [0.1, 0.15) is 0 Å². The topological polar surface area (TPSA) is 151 Å². The van der Waals surface area contributed by atoms with Crippen LogP contribution in [0.3, 0.4) is 0 Å². The maximum atomic E-state index is 10.5. The molecule has 1 heterocycles. The van der Waals surface area contributed by atoms with E-state index in [9.17, 15) is 28.7 Å². The molecule has 0 saturated heterocycles. The molecular formula is C4H4N2Na2O6P2S-2. The summed E-state index contributed by atoms with van der Waals surface area (Å²) in [7, 11) is -11.1. The molecule has 0 aliphatic carbocycles. The molecule has 0 aromatic carbocycles. The Morgan fingerprint density at radius 1 is 1.18 bits per heavy atom. The summed E-state index contributed by atoms with van der Waals surface area (Å²) in [6, 6.07) is 0. The standard InChI is InChI=1S/C4H8N2O6P2S.2Na/c7-13(8,9)4(14(10,11)12)6-3-5-1-2-15-3;;/h1-2,4H,(H,5,6)(H2,7,8,9)(H2,10,11,12);;/q;2*+1/p-4. The smallest absolute Gasteiger partial charge is 0.809 e. The molecule has 0 atom stereocenters. The molecule has 0 bridgehead atoms. The molecule has 0 radical (unpaired) electrons. The van der Waals surface area contributed by atoms with E-state index in [-0.39, 0.29) is 64.2 Å². The molecule has 0 spiro atoms. The quantitative estimate of drug-likeness (QED) is 0.425. The predicted octanol–water partition coefficient (Wildman–Crippen LogP) is -8.33. The molecule has 0 aliphatic rings. The minimum atomic E-state index is -5.57. The molecule has 13 heteroatoms. The van der Waals surface area contributed by atoms with Crippen LogP contribution in [0.5, 0.6) is 0 Å². The first kappa shape index (κ1) is 21.0. The van der Waals surface area contributed by atoms with Gasteiger partial charge in [-0.05, 0) is 15.2 Å². The van der Waals surface area contributed by atoms with Crippen molar-refractivity contribution >= 4 is 31.7 Å². The average Bonchev–Trinajstić information content (AvgIpc) is 2.46. The molecule has 0 aliphatic heterocycles. The van der Waals surface area contributed by atoms with Crippen LogP contribution in [0.4, 0.5) is 5.13 Å². The molecule has 8 nitrogen and oxygen atoms in total. The summed E-state index contributed by atoms with van der Waals surface area (Å²) < 4.78 is 21.0. The van der Waals surface area contributed by atoms with E-state index < -0.39 is 20.7 Å². The Balaban J connectivity index is 0. The van der Waals surface area contributed by atoms with Crippen molar-refractivity contribution in [3.8, 4) is 0 Å². The van der Waals surface area contributed by atoms with Crippen LogP contribution in [0.1, 0.15) is 0 Å². The van der Waals surface area contributed by atoms with Crippen molar-refractivity contribution in [2.24, 2.45) is 0 Å². The number of rotatable bonds is 4. The minimum Gasteiger partial charge on any atom is -0.809 e. The van der Waals surface area contributed by atoms with Crippen molar-refractivity contribution < 1.29 is 87.8 Å². The monoisotopic (exact) mass is 316 g/mol. The summed E-state index contributed by atoms with van der Waals surface area (Å²) in [5.74, 6) is 0. The second-order valence-electron chi connectivity index (χ2n) is 2.43. The van der Waals surface area contributed by atoms with Crippen molar-refractivity contribution in [1.82, 2.24) is 4.98 Å². The number of hydrogen-bond donors (Lipinski definition) is 1. The maximum Gasteiger partial charge on any atom is 1.00 e. The van der Waals surface area contributed by atoms with Gasteiger partial charge in [-0.1, -0.05) is 0 Å². The van der Waals surface area contributed by atoms with Crippen molar-refractivity contribution in [1.29, 1.82) is 0 Å². The number of nitrogens with one attached hydrogen (secondary N) is 1. The third kappa shape index (κ3) is 7.17. The summed E-state index contributed by atoms with van der Waals surface area (Å²) in [6.07, 6.45) is 1.26. The van der Waals surface area contributed by atoms with Gasteiger partial charge in [-0.2, -0.15) is 0 Å². The molecule has 1 N–H and O–H groups in total. The Bertz CT molecular complexity index is 396. The third-order valence-electron chi connectivity index (χ3n) is 1.28. The zero-order chi connectivity index (χ0) is 11.7. The van der Waals surface area contributed by atoms with Gasteiger partial charge in [0.15, 0.2) is 5.13 Å². The van der Waals surface area contributed by atoms with Gasteiger partial charge in [-0.25, -0.2) is 4.98 Å². The zero-order valence-electron chi connectivity index (χ0n) is 8.93. The van der Waals surface area contributed by atoms with E-state index in [0.717, 1.165) is 11.3 Å². The number of nitrogens with zero attached hydrogens (tertiary/aromatic N) is 1. The van der Waals surface area contributed by atoms with Crippen LogP contribution in [0, 0.1) is 0 Å². The van der Waals surface area contributed by atoms with E-state index in [1.807, 2.05) is 0 Å². The second kappa shape index (κ2) is 8.11. The van der Waals surface area contributed by atoms with Crippen LogP contribution in [0.15, 0.2) is 11.6 Å². The fourth-order valence-corrected chi connectivity index (χ4v) is 3.42. The van der Waals surface area contributed by atoms with Gasteiger partial charge >= 0.3 is 59.1 Å². The van der Waals surface area contributed by atoms with Crippen LogP contribution >= 0.6 is 26.5 Å². The molecular weight excluding hydrogens is 312 g/mol. The van der Waals surface area contributed by atoms with E-state index in [1.54, 1.807) is 5.32 Å². The van der Waals surface area contributed by atoms with Crippen molar-refractivity contribution in [3.05, 3.63) is 11.6 Å². The second-order valence-corrected chi connectivity index (χ2v) is 6.93. The largest absolute Gasteiger partial charge is 1.00 e. The van der Waals surface area contributed by atoms with Crippen LogP contribution in [-0.2, 0) is 9.13 Å². The number of anilines is 1. The summed E-state index contributed by atoms with van der Waals surface area (Å²) in [4.78, 5) is 45.6. The van der Waals surface area contributed by atoms with Crippen molar-refractivity contribution in [2.75, 3.05) is 5.32 Å². The summed E-state index contributed by atoms with van der Waals surface area (Å²) in [6.45, 7) is 0. The van der Waals surface area contributed by atoms with Crippen LogP contribution < -0.4 is 84.0 Å². The van der Waals surface area contributed by atoms with Crippen LogP contribution in [0.25, 0.3) is 0 Å². The molecule has 0 amide bonds. The number of hydrogen-bond acceptors (Lipinski definition) is 9. The fraction of sp³-hybridized carbons (Fsp3) is 0.250. The first-order valence-corrected chi connectivity index (χ1v) is 7.51. The predicted molar refractivity (Wildman–Crippen MR) is 44.7 cm³/mol. The molecule has 17 heavy (non-hydrogen) atoms. The SMILES string of the molecule is O=P([O-])([O-])C(Nc1nccs1)P(=O)([O-])[O-].[Na+].[Na+]. The third-order valence-corrected chi connectivity index (χ3v) is 5.14. The summed E-state index contributed by atoms with van der Waals surface area (Å²) in [5, 5.41) is 3.06. The van der Waals surface area contributed by atoms with E-state index in [4.69, 9.17) is 0 Å². The van der Waals surface area contributed by atoms with Crippen LogP contribution in [-0.4, -0.2) is 10.5 Å². The molecule has 1 aromatic heterocycles. The van der Waals surface area contributed by atoms with Crippen LogP contribution in [0.2, 0.25) is 0 Å². The van der Waals surface area contributed by atoms with Gasteiger partial charge in [-0.3, -0.25) is 0 Å². The Hall–Kier alpha value is 1.73. The van der Waals surface area contributed by atoms with E-state index in [2.05, 4.69) is 4.98 Å². The average molecular weight is 316 g/mol. The molecule has 0 unspecified atom stereocenters. The number of aromatic nitrogens is 1. The first-order valence-electron chi connectivity index (χ1n) is 3.41. The first-order chi connectivity index (χ1) is 6.71. The van der Waals surface area contributed by atoms with Gasteiger partial charge in [-0.15, -0.1) is 11.3 Å². The normalized spacial score (nSPS) is 11.6. The Morgan fingerprint density at radius 2 is 1.65 bits per heavy atom. The van der Waals surface area contributed by atoms with E-state index in [0.29, 0.717) is 0 Å². The molecule has 0 fully saturated rings. The van der Waals surface area contributed by atoms with Gasteiger partial charge in [0.25, 0.3) is 0 Å². The minimum absolute atomic E-state index is 0. The zero-order valence-corrected chi connectivity index (χ0v) is 15.5. The summed E-state index contributed by atoms with van der Waals surface area (Å²) >= 11 is 0.863. The molecule has 1 aromatic rings. The van der Waals surface area contributed by atoms with E-state index >= 15 is 0 Å².